The van der Waals surface area contributed by atoms with Crippen LogP contribution in [0.4, 0.5) is 0 Å². The number of benzene rings is 2. The lowest BCUT2D eigenvalue weighted by molar-refractivity contribution is 0.0886. The van der Waals surface area contributed by atoms with Gasteiger partial charge in [-0.15, -0.1) is 0 Å². The van der Waals surface area contributed by atoms with Gasteiger partial charge in [-0.2, -0.15) is 0 Å². The standard InChI is InChI=1S/C19H23NO/c1-3-15(2)17-9-10-19-18(11-17)13-20(14-21-19)12-16-7-5-4-6-8-16/h4-11,15H,3,12-14H2,1-2H3. The summed E-state index contributed by atoms with van der Waals surface area (Å²) in [5, 5.41) is 0. The zero-order chi connectivity index (χ0) is 14.7. The van der Waals surface area contributed by atoms with E-state index >= 15 is 0 Å². The Hall–Kier alpha value is -1.80. The van der Waals surface area contributed by atoms with Crippen molar-refractivity contribution >= 4 is 0 Å². The third-order valence-corrected chi connectivity index (χ3v) is 4.31. The van der Waals surface area contributed by atoms with E-state index in [0.717, 1.165) is 18.8 Å². The molecule has 1 atom stereocenters. The third-order valence-electron chi connectivity index (χ3n) is 4.31. The number of ether oxygens (including phenoxy) is 1. The van der Waals surface area contributed by atoms with Gasteiger partial charge in [0.05, 0.1) is 0 Å². The molecule has 0 radical (unpaired) electrons. The van der Waals surface area contributed by atoms with E-state index in [9.17, 15) is 0 Å². The molecule has 2 aromatic carbocycles. The van der Waals surface area contributed by atoms with E-state index in [2.05, 4.69) is 67.3 Å². The van der Waals surface area contributed by atoms with Crippen LogP contribution in [0.3, 0.4) is 0 Å². The Morgan fingerprint density at radius 3 is 2.71 bits per heavy atom. The molecule has 3 rings (SSSR count). The Kier molecular flexibility index (Phi) is 4.26. The van der Waals surface area contributed by atoms with Crippen LogP contribution in [0.1, 0.15) is 42.9 Å². The first-order valence-corrected chi connectivity index (χ1v) is 7.78. The van der Waals surface area contributed by atoms with Crippen LogP contribution < -0.4 is 4.74 Å². The maximum atomic E-state index is 5.90. The minimum Gasteiger partial charge on any atom is -0.478 e. The fourth-order valence-corrected chi connectivity index (χ4v) is 2.80. The quantitative estimate of drug-likeness (QED) is 0.815. The van der Waals surface area contributed by atoms with Crippen molar-refractivity contribution in [3.05, 3.63) is 65.2 Å². The minimum atomic E-state index is 0.611. The molecule has 0 N–H and O–H groups in total. The Morgan fingerprint density at radius 2 is 1.95 bits per heavy atom. The fraction of sp³-hybridized carbons (Fsp3) is 0.368. The van der Waals surface area contributed by atoms with Gasteiger partial charge >= 0.3 is 0 Å². The summed E-state index contributed by atoms with van der Waals surface area (Å²) in [6, 6.07) is 17.3. The van der Waals surface area contributed by atoms with Crippen LogP contribution >= 0.6 is 0 Å². The summed E-state index contributed by atoms with van der Waals surface area (Å²) in [5.41, 5.74) is 4.07. The predicted molar refractivity (Wildman–Crippen MR) is 86.3 cm³/mol. The molecule has 0 bridgehead atoms. The molecule has 1 unspecified atom stereocenters. The molecule has 0 saturated heterocycles. The summed E-state index contributed by atoms with van der Waals surface area (Å²) >= 11 is 0. The van der Waals surface area contributed by atoms with Crippen LogP contribution in [0.2, 0.25) is 0 Å². The molecule has 1 aliphatic heterocycles. The van der Waals surface area contributed by atoms with Crippen LogP contribution in [-0.4, -0.2) is 11.6 Å². The van der Waals surface area contributed by atoms with Gasteiger partial charge in [0, 0.05) is 18.7 Å². The second-order valence-corrected chi connectivity index (χ2v) is 5.92. The third kappa shape index (κ3) is 3.27. The maximum absolute atomic E-state index is 5.90. The molecule has 21 heavy (non-hydrogen) atoms. The van der Waals surface area contributed by atoms with Crippen molar-refractivity contribution in [2.45, 2.75) is 39.3 Å². The zero-order valence-corrected chi connectivity index (χ0v) is 12.9. The summed E-state index contributed by atoms with van der Waals surface area (Å²) in [6.07, 6.45) is 1.17. The van der Waals surface area contributed by atoms with Crippen LogP contribution in [0.25, 0.3) is 0 Å². The van der Waals surface area contributed by atoms with Gasteiger partial charge in [0.1, 0.15) is 12.5 Å². The first-order chi connectivity index (χ1) is 10.3. The minimum absolute atomic E-state index is 0.611. The Balaban J connectivity index is 1.74. The van der Waals surface area contributed by atoms with Gasteiger partial charge in [-0.3, -0.25) is 4.90 Å². The van der Waals surface area contributed by atoms with Crippen LogP contribution in [0.5, 0.6) is 5.75 Å². The summed E-state index contributed by atoms with van der Waals surface area (Å²) in [7, 11) is 0. The van der Waals surface area contributed by atoms with Gasteiger partial charge in [-0.1, -0.05) is 56.3 Å². The number of rotatable bonds is 4. The number of hydrogen-bond donors (Lipinski definition) is 0. The van der Waals surface area contributed by atoms with Gasteiger partial charge in [0.25, 0.3) is 0 Å². The number of nitrogens with zero attached hydrogens (tertiary/aromatic N) is 1. The molecular weight excluding hydrogens is 258 g/mol. The molecule has 1 heterocycles. The second-order valence-electron chi connectivity index (χ2n) is 5.92. The van der Waals surface area contributed by atoms with E-state index in [1.807, 2.05) is 0 Å². The molecule has 2 aromatic rings. The highest BCUT2D eigenvalue weighted by atomic mass is 16.5. The van der Waals surface area contributed by atoms with Crippen molar-refractivity contribution < 1.29 is 4.74 Å². The first kappa shape index (κ1) is 14.2. The summed E-state index contributed by atoms with van der Waals surface area (Å²) in [4.78, 5) is 2.35. The topological polar surface area (TPSA) is 12.5 Å². The summed E-state index contributed by atoms with van der Waals surface area (Å²) in [5.74, 6) is 1.66. The van der Waals surface area contributed by atoms with Crippen molar-refractivity contribution in [1.29, 1.82) is 0 Å². The van der Waals surface area contributed by atoms with Crippen LogP contribution in [0, 0.1) is 0 Å². The summed E-state index contributed by atoms with van der Waals surface area (Å²) < 4.78 is 5.90. The molecule has 0 saturated carbocycles. The highest BCUT2D eigenvalue weighted by molar-refractivity contribution is 5.39. The van der Waals surface area contributed by atoms with Gasteiger partial charge in [0.15, 0.2) is 0 Å². The monoisotopic (exact) mass is 281 g/mol. The smallest absolute Gasteiger partial charge is 0.142 e. The van der Waals surface area contributed by atoms with E-state index < -0.39 is 0 Å². The number of hydrogen-bond acceptors (Lipinski definition) is 2. The average Bonchev–Trinajstić information content (AvgIpc) is 2.54. The highest BCUT2D eigenvalue weighted by Gasteiger charge is 2.18. The normalized spacial score (nSPS) is 16.1. The Labute approximate surface area is 127 Å². The molecular formula is C19H23NO. The summed E-state index contributed by atoms with van der Waals surface area (Å²) in [6.45, 7) is 7.10. The van der Waals surface area contributed by atoms with Gasteiger partial charge < -0.3 is 4.74 Å². The zero-order valence-electron chi connectivity index (χ0n) is 12.9. The van der Waals surface area contributed by atoms with Crippen molar-refractivity contribution in [2.24, 2.45) is 0 Å². The second kappa shape index (κ2) is 6.31. The molecule has 2 heteroatoms. The fourth-order valence-electron chi connectivity index (χ4n) is 2.80. The Bertz CT molecular complexity index is 594. The van der Waals surface area contributed by atoms with Crippen LogP contribution in [-0.2, 0) is 13.1 Å². The first-order valence-electron chi connectivity index (χ1n) is 7.78. The van der Waals surface area contributed by atoms with Gasteiger partial charge in [0.2, 0.25) is 0 Å². The van der Waals surface area contributed by atoms with Crippen molar-refractivity contribution in [3.63, 3.8) is 0 Å². The van der Waals surface area contributed by atoms with Crippen LogP contribution in [0.15, 0.2) is 48.5 Å². The van der Waals surface area contributed by atoms with E-state index in [4.69, 9.17) is 4.74 Å². The lowest BCUT2D eigenvalue weighted by Gasteiger charge is -2.29. The molecule has 110 valence electrons. The predicted octanol–water partition coefficient (Wildman–Crippen LogP) is 4.55. The lowest BCUT2D eigenvalue weighted by atomic mass is 9.96. The molecule has 1 aliphatic rings. The van der Waals surface area contributed by atoms with E-state index in [-0.39, 0.29) is 0 Å². The Morgan fingerprint density at radius 1 is 1.14 bits per heavy atom. The number of fused-ring (bicyclic) bond motifs is 1. The van der Waals surface area contributed by atoms with E-state index in [1.165, 1.54) is 23.1 Å². The molecule has 0 fully saturated rings. The molecule has 0 aliphatic carbocycles. The largest absolute Gasteiger partial charge is 0.478 e. The van der Waals surface area contributed by atoms with Crippen molar-refractivity contribution in [1.82, 2.24) is 4.90 Å². The average molecular weight is 281 g/mol. The highest BCUT2D eigenvalue weighted by Crippen LogP contribution is 2.30. The molecule has 0 amide bonds. The maximum Gasteiger partial charge on any atom is 0.142 e. The van der Waals surface area contributed by atoms with E-state index in [0.29, 0.717) is 12.6 Å². The lowest BCUT2D eigenvalue weighted by Crippen LogP contribution is -2.31. The molecule has 2 nitrogen and oxygen atoms in total. The van der Waals surface area contributed by atoms with Gasteiger partial charge in [-0.25, -0.2) is 0 Å². The van der Waals surface area contributed by atoms with Gasteiger partial charge in [-0.05, 0) is 29.5 Å². The molecule has 0 aromatic heterocycles. The SMILES string of the molecule is CCC(C)c1ccc2c(c1)CN(Cc1ccccc1)CO2. The van der Waals surface area contributed by atoms with Crippen molar-refractivity contribution in [3.8, 4) is 5.75 Å². The molecule has 0 spiro atoms. The van der Waals surface area contributed by atoms with Crippen molar-refractivity contribution in [2.75, 3.05) is 6.73 Å². The van der Waals surface area contributed by atoms with E-state index in [1.54, 1.807) is 0 Å².